The third-order valence-corrected chi connectivity index (χ3v) is 3.05. The minimum absolute atomic E-state index is 0.559. The standard InChI is InChI=1S/C12H9N3O.C4H4O/c16-7-14-12-11-9(5-6-13-12)8-3-1-2-4-10(8)15-11;1-2-4-5-3-1/h1-7,15H,(H,13,14,16);1-4H. The zero-order valence-electron chi connectivity index (χ0n) is 11.1. The van der Waals surface area contributed by atoms with Crippen molar-refractivity contribution < 1.29 is 9.21 Å². The summed E-state index contributed by atoms with van der Waals surface area (Å²) in [6, 6.07) is 13.6. The first-order valence-electron chi connectivity index (χ1n) is 6.43. The normalized spacial score (nSPS) is 10.1. The number of rotatable bonds is 2. The fourth-order valence-corrected chi connectivity index (χ4v) is 2.17. The van der Waals surface area contributed by atoms with E-state index in [-0.39, 0.29) is 0 Å². The van der Waals surface area contributed by atoms with Crippen LogP contribution in [-0.4, -0.2) is 16.4 Å². The molecular weight excluding hydrogens is 266 g/mol. The molecule has 21 heavy (non-hydrogen) atoms. The fraction of sp³-hybridized carbons (Fsp3) is 0. The minimum Gasteiger partial charge on any atom is -0.473 e. The molecule has 2 N–H and O–H groups in total. The molecule has 0 unspecified atom stereocenters. The van der Waals surface area contributed by atoms with E-state index in [4.69, 9.17) is 0 Å². The van der Waals surface area contributed by atoms with E-state index in [1.165, 1.54) is 0 Å². The van der Waals surface area contributed by atoms with Crippen molar-refractivity contribution >= 4 is 34.0 Å². The van der Waals surface area contributed by atoms with Gasteiger partial charge in [-0.3, -0.25) is 4.79 Å². The number of nitrogens with one attached hydrogen (secondary N) is 2. The van der Waals surface area contributed by atoms with Crippen LogP contribution in [-0.2, 0) is 4.79 Å². The first kappa shape index (κ1) is 12.9. The van der Waals surface area contributed by atoms with Gasteiger partial charge < -0.3 is 14.7 Å². The monoisotopic (exact) mass is 279 g/mol. The number of pyridine rings is 1. The largest absolute Gasteiger partial charge is 0.473 e. The van der Waals surface area contributed by atoms with Crippen molar-refractivity contribution in [3.63, 3.8) is 0 Å². The summed E-state index contributed by atoms with van der Waals surface area (Å²) in [5.74, 6) is 0.559. The lowest BCUT2D eigenvalue weighted by Gasteiger charge is -1.98. The number of carbonyl (C=O) groups is 1. The highest BCUT2D eigenvalue weighted by molar-refractivity contribution is 6.11. The van der Waals surface area contributed by atoms with Gasteiger partial charge in [-0.2, -0.15) is 0 Å². The summed E-state index contributed by atoms with van der Waals surface area (Å²) in [4.78, 5) is 17.8. The van der Waals surface area contributed by atoms with Crippen molar-refractivity contribution in [1.29, 1.82) is 0 Å². The second-order valence-electron chi connectivity index (χ2n) is 4.31. The molecule has 0 fully saturated rings. The molecule has 1 amide bonds. The van der Waals surface area contributed by atoms with Gasteiger partial charge in [0, 0.05) is 22.5 Å². The molecule has 104 valence electrons. The summed E-state index contributed by atoms with van der Waals surface area (Å²) in [5.41, 5.74) is 1.90. The molecule has 0 bridgehead atoms. The smallest absolute Gasteiger partial charge is 0.212 e. The fourth-order valence-electron chi connectivity index (χ4n) is 2.17. The molecule has 0 aliphatic carbocycles. The number of carbonyl (C=O) groups excluding carboxylic acids is 1. The molecule has 0 aliphatic heterocycles. The van der Waals surface area contributed by atoms with Crippen LogP contribution in [0.5, 0.6) is 0 Å². The van der Waals surface area contributed by atoms with E-state index in [2.05, 4.69) is 19.7 Å². The van der Waals surface area contributed by atoms with Gasteiger partial charge >= 0.3 is 0 Å². The molecule has 3 heterocycles. The van der Waals surface area contributed by atoms with Gasteiger partial charge in [0.2, 0.25) is 6.41 Å². The first-order valence-corrected chi connectivity index (χ1v) is 6.43. The highest BCUT2D eigenvalue weighted by Gasteiger charge is 2.07. The van der Waals surface area contributed by atoms with Gasteiger partial charge in [0.05, 0.1) is 18.0 Å². The van der Waals surface area contributed by atoms with E-state index in [1.54, 1.807) is 18.7 Å². The second-order valence-corrected chi connectivity index (χ2v) is 4.31. The minimum atomic E-state index is 0.559. The van der Waals surface area contributed by atoms with Gasteiger partial charge in [0.15, 0.2) is 5.82 Å². The molecule has 0 aliphatic rings. The number of furan rings is 1. The van der Waals surface area contributed by atoms with Crippen LogP contribution in [0.2, 0.25) is 0 Å². The number of aromatic amines is 1. The summed E-state index contributed by atoms with van der Waals surface area (Å²) < 4.78 is 4.58. The number of anilines is 1. The van der Waals surface area contributed by atoms with Crippen LogP contribution in [0.1, 0.15) is 0 Å². The number of aromatic nitrogens is 2. The molecule has 0 saturated carbocycles. The molecule has 4 aromatic rings. The molecule has 0 radical (unpaired) electrons. The summed E-state index contributed by atoms with van der Waals surface area (Å²) in [6.45, 7) is 0. The molecule has 0 saturated heterocycles. The predicted octanol–water partition coefficient (Wildman–Crippen LogP) is 3.56. The van der Waals surface area contributed by atoms with Crippen LogP contribution in [0.3, 0.4) is 0 Å². The van der Waals surface area contributed by atoms with Crippen molar-refractivity contribution in [1.82, 2.24) is 9.97 Å². The Labute approximate surface area is 120 Å². The van der Waals surface area contributed by atoms with Gasteiger partial charge in [-0.25, -0.2) is 4.98 Å². The maximum atomic E-state index is 10.5. The summed E-state index contributed by atoms with van der Waals surface area (Å²) >= 11 is 0. The molecule has 5 nitrogen and oxygen atoms in total. The Morgan fingerprint density at radius 3 is 2.57 bits per heavy atom. The van der Waals surface area contributed by atoms with Gasteiger partial charge in [-0.15, -0.1) is 0 Å². The molecule has 4 rings (SSSR count). The highest BCUT2D eigenvalue weighted by atomic mass is 16.3. The summed E-state index contributed by atoms with van der Waals surface area (Å²) in [7, 11) is 0. The Morgan fingerprint density at radius 1 is 1.05 bits per heavy atom. The van der Waals surface area contributed by atoms with Crippen LogP contribution < -0.4 is 5.32 Å². The maximum absolute atomic E-state index is 10.5. The van der Waals surface area contributed by atoms with E-state index in [0.29, 0.717) is 12.2 Å². The molecule has 0 atom stereocenters. The lowest BCUT2D eigenvalue weighted by Crippen LogP contribution is -1.96. The number of fused-ring (bicyclic) bond motifs is 3. The van der Waals surface area contributed by atoms with E-state index in [9.17, 15) is 4.79 Å². The van der Waals surface area contributed by atoms with Crippen molar-refractivity contribution in [2.24, 2.45) is 0 Å². The van der Waals surface area contributed by atoms with Crippen molar-refractivity contribution in [3.05, 3.63) is 61.2 Å². The van der Waals surface area contributed by atoms with Crippen LogP contribution >= 0.6 is 0 Å². The van der Waals surface area contributed by atoms with E-state index < -0.39 is 0 Å². The topological polar surface area (TPSA) is 70.9 Å². The Balaban J connectivity index is 0.000000225. The number of nitrogens with zero attached hydrogens (tertiary/aromatic N) is 1. The highest BCUT2D eigenvalue weighted by Crippen LogP contribution is 2.28. The van der Waals surface area contributed by atoms with Crippen molar-refractivity contribution in [2.75, 3.05) is 5.32 Å². The number of hydrogen-bond donors (Lipinski definition) is 2. The SMILES string of the molecule is O=CNc1nccc2c1[nH]c1ccccc12.c1ccoc1. The summed E-state index contributed by atoms with van der Waals surface area (Å²) in [6.07, 6.45) is 5.57. The van der Waals surface area contributed by atoms with Crippen LogP contribution in [0.25, 0.3) is 21.8 Å². The van der Waals surface area contributed by atoms with E-state index >= 15 is 0 Å². The number of H-pyrrole nitrogens is 1. The molecular formula is C16H13N3O2. The Hall–Kier alpha value is -3.08. The van der Waals surface area contributed by atoms with Crippen molar-refractivity contribution in [3.8, 4) is 0 Å². The average Bonchev–Trinajstić information content (AvgIpc) is 3.19. The average molecular weight is 279 g/mol. The molecule has 0 spiro atoms. The Kier molecular flexibility index (Phi) is 3.64. The summed E-state index contributed by atoms with van der Waals surface area (Å²) in [5, 5.41) is 4.79. The molecule has 1 aromatic carbocycles. The zero-order valence-corrected chi connectivity index (χ0v) is 11.1. The number of hydrogen-bond acceptors (Lipinski definition) is 3. The van der Waals surface area contributed by atoms with Crippen LogP contribution in [0.15, 0.2) is 65.6 Å². The van der Waals surface area contributed by atoms with Gasteiger partial charge in [0.1, 0.15) is 0 Å². The molecule has 5 heteroatoms. The van der Waals surface area contributed by atoms with Crippen LogP contribution in [0, 0.1) is 0 Å². The van der Waals surface area contributed by atoms with Gasteiger partial charge in [-0.1, -0.05) is 18.2 Å². The third-order valence-electron chi connectivity index (χ3n) is 3.05. The lowest BCUT2D eigenvalue weighted by atomic mass is 10.2. The van der Waals surface area contributed by atoms with Gasteiger partial charge in [0.25, 0.3) is 0 Å². The quantitative estimate of drug-likeness (QED) is 0.551. The Morgan fingerprint density at radius 2 is 1.86 bits per heavy atom. The molecule has 3 aromatic heterocycles. The van der Waals surface area contributed by atoms with Crippen molar-refractivity contribution in [2.45, 2.75) is 0 Å². The third kappa shape index (κ3) is 2.62. The lowest BCUT2D eigenvalue weighted by molar-refractivity contribution is -0.105. The zero-order chi connectivity index (χ0) is 14.5. The van der Waals surface area contributed by atoms with E-state index in [1.807, 2.05) is 42.5 Å². The van der Waals surface area contributed by atoms with Crippen LogP contribution in [0.4, 0.5) is 5.82 Å². The van der Waals surface area contributed by atoms with Gasteiger partial charge in [-0.05, 0) is 24.3 Å². The van der Waals surface area contributed by atoms with E-state index in [0.717, 1.165) is 21.8 Å². The second kappa shape index (κ2) is 5.92. The predicted molar refractivity (Wildman–Crippen MR) is 82.0 cm³/mol. The number of para-hydroxylation sites is 1. The number of amides is 1. The maximum Gasteiger partial charge on any atom is 0.212 e. The first-order chi connectivity index (χ1) is 10.4. The Bertz CT molecular complexity index is 833. The number of benzene rings is 1.